The third-order valence-electron chi connectivity index (χ3n) is 10.3. The van der Waals surface area contributed by atoms with Gasteiger partial charge in [-0.2, -0.15) is 0 Å². The molecule has 57 heavy (non-hydrogen) atoms. The third-order valence-corrected chi connectivity index (χ3v) is 10.3. The van der Waals surface area contributed by atoms with Crippen molar-refractivity contribution in [1.29, 1.82) is 0 Å². The minimum Gasteiger partial charge on any atom is -0.299 e. The van der Waals surface area contributed by atoms with Gasteiger partial charge in [-0.3, -0.25) is 4.40 Å². The van der Waals surface area contributed by atoms with Gasteiger partial charge in [0.05, 0.1) is 11.4 Å². The van der Waals surface area contributed by atoms with Crippen LogP contribution in [0.15, 0.2) is 212 Å². The average molecular weight is 730 g/mol. The van der Waals surface area contributed by atoms with Crippen LogP contribution in [-0.2, 0) is 0 Å². The maximum Gasteiger partial charge on any atom is 0.164 e. The first kappa shape index (κ1) is 33.8. The lowest BCUT2D eigenvalue weighted by Crippen LogP contribution is -2.00. The van der Waals surface area contributed by atoms with E-state index >= 15 is 0 Å². The maximum atomic E-state index is 5.12. The van der Waals surface area contributed by atoms with Gasteiger partial charge < -0.3 is 0 Å². The molecule has 0 fully saturated rings. The van der Waals surface area contributed by atoms with E-state index in [1.165, 1.54) is 0 Å². The molecule has 5 nitrogen and oxygen atoms in total. The van der Waals surface area contributed by atoms with Crippen LogP contribution < -0.4 is 0 Å². The van der Waals surface area contributed by atoms with E-state index in [0.717, 1.165) is 78.2 Å². The molecule has 0 aliphatic heterocycles. The molecule has 0 radical (unpaired) electrons. The van der Waals surface area contributed by atoms with Gasteiger partial charge in [0.15, 0.2) is 17.5 Å². The van der Waals surface area contributed by atoms with Crippen LogP contribution in [0.2, 0.25) is 0 Å². The van der Waals surface area contributed by atoms with Crippen molar-refractivity contribution in [1.82, 2.24) is 24.3 Å². The minimum absolute atomic E-state index is 0.610. The van der Waals surface area contributed by atoms with Gasteiger partial charge in [0, 0.05) is 34.0 Å². The van der Waals surface area contributed by atoms with E-state index in [4.69, 9.17) is 19.9 Å². The topological polar surface area (TPSA) is 56.0 Å². The van der Waals surface area contributed by atoms with E-state index in [0.29, 0.717) is 17.5 Å². The first-order valence-electron chi connectivity index (χ1n) is 19.1. The van der Waals surface area contributed by atoms with Crippen molar-refractivity contribution in [2.75, 3.05) is 0 Å². The molecular formula is C52H35N5. The first-order chi connectivity index (χ1) is 28.2. The van der Waals surface area contributed by atoms with E-state index in [2.05, 4.69) is 187 Å². The lowest BCUT2D eigenvalue weighted by molar-refractivity contribution is 1.07. The second kappa shape index (κ2) is 14.8. The van der Waals surface area contributed by atoms with E-state index in [-0.39, 0.29) is 0 Å². The Kier molecular flexibility index (Phi) is 8.78. The van der Waals surface area contributed by atoms with E-state index in [1.54, 1.807) is 0 Å². The Balaban J connectivity index is 1.05. The van der Waals surface area contributed by atoms with Crippen LogP contribution in [0.5, 0.6) is 0 Å². The fourth-order valence-electron chi connectivity index (χ4n) is 7.40. The molecule has 0 atom stereocenters. The smallest absolute Gasteiger partial charge is 0.164 e. The largest absolute Gasteiger partial charge is 0.299 e. The van der Waals surface area contributed by atoms with E-state index in [1.807, 2.05) is 30.3 Å². The summed E-state index contributed by atoms with van der Waals surface area (Å²) in [5.41, 5.74) is 14.6. The molecule has 268 valence electrons. The van der Waals surface area contributed by atoms with Gasteiger partial charge in [-0.25, -0.2) is 19.9 Å². The molecule has 0 aliphatic rings. The summed E-state index contributed by atoms with van der Waals surface area (Å²) >= 11 is 0. The maximum absolute atomic E-state index is 5.12. The fourth-order valence-corrected chi connectivity index (χ4v) is 7.40. The second-order valence-corrected chi connectivity index (χ2v) is 14.0. The number of hydrogen-bond donors (Lipinski definition) is 0. The van der Waals surface area contributed by atoms with Crippen molar-refractivity contribution in [3.05, 3.63) is 212 Å². The molecule has 10 aromatic rings. The van der Waals surface area contributed by atoms with Crippen molar-refractivity contribution in [3.63, 3.8) is 0 Å². The predicted molar refractivity (Wildman–Crippen MR) is 232 cm³/mol. The zero-order chi connectivity index (χ0) is 38.0. The number of aromatic nitrogens is 5. The van der Waals surface area contributed by atoms with Crippen molar-refractivity contribution in [2.24, 2.45) is 0 Å². The molecule has 0 spiro atoms. The molecule has 5 heteroatoms. The molecule has 3 heterocycles. The lowest BCUT2D eigenvalue weighted by atomic mass is 9.98. The summed E-state index contributed by atoms with van der Waals surface area (Å²) in [7, 11) is 0. The van der Waals surface area contributed by atoms with E-state index < -0.39 is 0 Å². The SMILES string of the molecule is c1ccc(-c2ccc(-c3nc(-c4ccc(-c5ccccc5)cc4)nc(-c4cccc(-c5cccc(-c6nc7ccccn7c6-c6ccccc6)c5)c4)n3)cc2)cc1. The van der Waals surface area contributed by atoms with Crippen molar-refractivity contribution >= 4 is 5.65 Å². The molecular weight excluding hydrogens is 695 g/mol. The Labute approximate surface area is 331 Å². The molecule has 0 saturated carbocycles. The third kappa shape index (κ3) is 6.79. The molecule has 0 N–H and O–H groups in total. The number of hydrogen-bond acceptors (Lipinski definition) is 4. The summed E-state index contributed by atoms with van der Waals surface area (Å²) in [6, 6.07) is 71.3. The van der Waals surface area contributed by atoms with Crippen molar-refractivity contribution in [3.8, 4) is 90.1 Å². The quantitative estimate of drug-likeness (QED) is 0.156. The molecule has 0 amide bonds. The predicted octanol–water partition coefficient (Wildman–Crippen LogP) is 12.9. The minimum atomic E-state index is 0.610. The summed E-state index contributed by atoms with van der Waals surface area (Å²) < 4.78 is 2.17. The van der Waals surface area contributed by atoms with Crippen LogP contribution in [0.25, 0.3) is 95.7 Å². The highest BCUT2D eigenvalue weighted by Crippen LogP contribution is 2.36. The molecule has 0 unspecified atom stereocenters. The van der Waals surface area contributed by atoms with E-state index in [9.17, 15) is 0 Å². The zero-order valence-electron chi connectivity index (χ0n) is 30.9. The zero-order valence-corrected chi connectivity index (χ0v) is 30.9. The standard InChI is InChI=1S/C52H35N5/c1-4-14-36(15-5-1)38-25-29-41(30-26-38)50-54-51(42-31-27-39(28-32-42)37-16-6-2-7-17-37)56-52(55-50)46-23-13-21-44(35-46)43-20-12-22-45(34-43)48-49(40-18-8-3-9-19-40)57-33-11-10-24-47(57)53-48/h1-35H. The van der Waals surface area contributed by atoms with Gasteiger partial charge in [-0.15, -0.1) is 0 Å². The van der Waals surface area contributed by atoms with Gasteiger partial charge in [-0.05, 0) is 57.6 Å². The second-order valence-electron chi connectivity index (χ2n) is 14.0. The molecule has 10 rings (SSSR count). The van der Waals surface area contributed by atoms with Crippen LogP contribution in [0.3, 0.4) is 0 Å². The van der Waals surface area contributed by atoms with Crippen LogP contribution in [0.4, 0.5) is 0 Å². The molecule has 0 bridgehead atoms. The number of nitrogens with zero attached hydrogens (tertiary/aromatic N) is 5. The summed E-state index contributed by atoms with van der Waals surface area (Å²) in [6.07, 6.45) is 2.08. The number of imidazole rings is 1. The summed E-state index contributed by atoms with van der Waals surface area (Å²) in [6.45, 7) is 0. The normalized spacial score (nSPS) is 11.2. The fraction of sp³-hybridized carbons (Fsp3) is 0. The van der Waals surface area contributed by atoms with Crippen LogP contribution in [0, 0.1) is 0 Å². The van der Waals surface area contributed by atoms with Crippen molar-refractivity contribution in [2.45, 2.75) is 0 Å². The summed E-state index contributed by atoms with van der Waals surface area (Å²) in [5, 5.41) is 0. The van der Waals surface area contributed by atoms with Gasteiger partial charge in [0.2, 0.25) is 0 Å². The average Bonchev–Trinajstić information content (AvgIpc) is 3.70. The summed E-state index contributed by atoms with van der Waals surface area (Å²) in [4.78, 5) is 20.4. The number of benzene rings is 7. The number of rotatable bonds is 8. The molecule has 3 aromatic heterocycles. The Morgan fingerprint density at radius 2 is 0.649 bits per heavy atom. The Hall–Kier alpha value is -7.76. The number of fused-ring (bicyclic) bond motifs is 1. The lowest BCUT2D eigenvalue weighted by Gasteiger charge is -2.11. The Bertz CT molecular complexity index is 2870. The van der Waals surface area contributed by atoms with Crippen LogP contribution in [-0.4, -0.2) is 24.3 Å². The van der Waals surface area contributed by atoms with Crippen LogP contribution >= 0.6 is 0 Å². The molecule has 7 aromatic carbocycles. The highest BCUT2D eigenvalue weighted by Gasteiger charge is 2.17. The number of pyridine rings is 1. The molecule has 0 aliphatic carbocycles. The Morgan fingerprint density at radius 3 is 1.19 bits per heavy atom. The van der Waals surface area contributed by atoms with Crippen LogP contribution in [0.1, 0.15) is 0 Å². The summed E-state index contributed by atoms with van der Waals surface area (Å²) in [5.74, 6) is 1.85. The van der Waals surface area contributed by atoms with Crippen molar-refractivity contribution < 1.29 is 0 Å². The van der Waals surface area contributed by atoms with Gasteiger partial charge >= 0.3 is 0 Å². The monoisotopic (exact) mass is 729 g/mol. The molecule has 0 saturated heterocycles. The highest BCUT2D eigenvalue weighted by molar-refractivity contribution is 5.84. The van der Waals surface area contributed by atoms with Gasteiger partial charge in [0.25, 0.3) is 0 Å². The highest BCUT2D eigenvalue weighted by atomic mass is 15.0. The first-order valence-corrected chi connectivity index (χ1v) is 19.1. The van der Waals surface area contributed by atoms with Gasteiger partial charge in [-0.1, -0.05) is 182 Å². The Morgan fingerprint density at radius 1 is 0.263 bits per heavy atom. The van der Waals surface area contributed by atoms with Gasteiger partial charge in [0.1, 0.15) is 5.65 Å².